The summed E-state index contributed by atoms with van der Waals surface area (Å²) in [4.78, 5) is 25.9. The highest BCUT2D eigenvalue weighted by molar-refractivity contribution is 6.30. The van der Waals surface area contributed by atoms with Crippen LogP contribution in [-0.2, 0) is 6.18 Å². The lowest BCUT2D eigenvalue weighted by Crippen LogP contribution is -2.26. The minimum atomic E-state index is -4.55. The molecule has 1 aromatic heterocycles. The number of hydrogen-bond acceptors (Lipinski definition) is 3. The number of amides is 1. The van der Waals surface area contributed by atoms with Crippen LogP contribution in [0.1, 0.15) is 16.1 Å². The van der Waals surface area contributed by atoms with Crippen LogP contribution in [0.4, 0.5) is 18.9 Å². The van der Waals surface area contributed by atoms with Gasteiger partial charge in [0.05, 0.1) is 16.6 Å². The average molecular weight is 444 g/mol. The highest BCUT2D eigenvalue weighted by atomic mass is 35.5. The summed E-state index contributed by atoms with van der Waals surface area (Å²) in [5, 5.41) is 7.60. The number of anilines is 1. The first kappa shape index (κ1) is 20.6. The van der Waals surface area contributed by atoms with Crippen molar-refractivity contribution in [2.75, 3.05) is 5.32 Å². The van der Waals surface area contributed by atoms with Crippen LogP contribution in [0.2, 0.25) is 5.02 Å². The molecular formula is C22H13ClF3N3O2. The van der Waals surface area contributed by atoms with Crippen molar-refractivity contribution in [2.45, 2.75) is 6.18 Å². The molecule has 31 heavy (non-hydrogen) atoms. The summed E-state index contributed by atoms with van der Waals surface area (Å²) in [6, 6.07) is 16.9. The van der Waals surface area contributed by atoms with Crippen LogP contribution in [0.25, 0.3) is 16.5 Å². The quantitative estimate of drug-likeness (QED) is 0.466. The first-order valence-corrected chi connectivity index (χ1v) is 9.38. The number of alkyl halides is 3. The molecule has 0 aliphatic heterocycles. The third-order valence-corrected chi connectivity index (χ3v) is 4.79. The Hall–Kier alpha value is -3.65. The molecule has 156 valence electrons. The third kappa shape index (κ3) is 4.15. The van der Waals surface area contributed by atoms with E-state index < -0.39 is 23.2 Å². The maximum atomic E-state index is 13.0. The van der Waals surface area contributed by atoms with E-state index in [1.54, 1.807) is 48.5 Å². The van der Waals surface area contributed by atoms with Crippen LogP contribution in [0, 0.1) is 0 Å². The molecule has 1 N–H and O–H groups in total. The Morgan fingerprint density at radius 2 is 1.61 bits per heavy atom. The van der Waals surface area contributed by atoms with Gasteiger partial charge in [0.25, 0.3) is 11.5 Å². The fourth-order valence-electron chi connectivity index (χ4n) is 3.08. The molecule has 0 saturated heterocycles. The number of carbonyl (C=O) groups excluding carboxylic acids is 1. The number of fused-ring (bicyclic) bond motifs is 1. The summed E-state index contributed by atoms with van der Waals surface area (Å²) >= 11 is 5.90. The monoisotopic (exact) mass is 443 g/mol. The molecule has 5 nitrogen and oxygen atoms in total. The first-order chi connectivity index (χ1) is 14.7. The minimum absolute atomic E-state index is 0.0463. The van der Waals surface area contributed by atoms with Crippen molar-refractivity contribution in [2.24, 2.45) is 0 Å². The van der Waals surface area contributed by atoms with Gasteiger partial charge < -0.3 is 5.32 Å². The smallest absolute Gasteiger partial charge is 0.321 e. The maximum absolute atomic E-state index is 13.0. The van der Waals surface area contributed by atoms with Gasteiger partial charge in [0.2, 0.25) is 0 Å². The largest absolute Gasteiger partial charge is 0.416 e. The maximum Gasteiger partial charge on any atom is 0.416 e. The lowest BCUT2D eigenvalue weighted by atomic mass is 10.1. The zero-order chi connectivity index (χ0) is 22.2. The van der Waals surface area contributed by atoms with Crippen molar-refractivity contribution in [3.8, 4) is 5.69 Å². The molecule has 0 fully saturated rings. The van der Waals surface area contributed by atoms with Crippen LogP contribution in [0.5, 0.6) is 0 Å². The SMILES string of the molecule is O=C(Nc1cccc(C(F)(F)F)c1)c1nn(-c2ccc(Cl)cc2)c(=O)c2ccccc12. The van der Waals surface area contributed by atoms with Crippen molar-refractivity contribution in [3.05, 3.63) is 99.4 Å². The van der Waals surface area contributed by atoms with Gasteiger partial charge in [-0.15, -0.1) is 0 Å². The molecule has 1 heterocycles. The van der Waals surface area contributed by atoms with Gasteiger partial charge in [-0.25, -0.2) is 0 Å². The van der Waals surface area contributed by atoms with Gasteiger partial charge in [-0.2, -0.15) is 23.0 Å². The summed E-state index contributed by atoms with van der Waals surface area (Å²) in [7, 11) is 0. The number of benzene rings is 3. The molecule has 0 radical (unpaired) electrons. The van der Waals surface area contributed by atoms with E-state index >= 15 is 0 Å². The predicted molar refractivity (Wildman–Crippen MR) is 112 cm³/mol. The fourth-order valence-corrected chi connectivity index (χ4v) is 3.20. The summed E-state index contributed by atoms with van der Waals surface area (Å²) < 4.78 is 40.0. The Morgan fingerprint density at radius 3 is 2.29 bits per heavy atom. The molecule has 4 aromatic rings. The number of hydrogen-bond donors (Lipinski definition) is 1. The van der Waals surface area contributed by atoms with E-state index in [0.29, 0.717) is 10.7 Å². The summed E-state index contributed by atoms with van der Waals surface area (Å²) in [6.07, 6.45) is -4.55. The lowest BCUT2D eigenvalue weighted by molar-refractivity contribution is -0.137. The summed E-state index contributed by atoms with van der Waals surface area (Å²) in [5.41, 5.74) is -1.12. The Bertz CT molecular complexity index is 1350. The topological polar surface area (TPSA) is 64.0 Å². The molecule has 4 rings (SSSR count). The molecule has 0 unspecified atom stereocenters. The zero-order valence-corrected chi connectivity index (χ0v) is 16.4. The van der Waals surface area contributed by atoms with Gasteiger partial charge in [0, 0.05) is 16.1 Å². The van der Waals surface area contributed by atoms with Crippen molar-refractivity contribution in [1.82, 2.24) is 9.78 Å². The van der Waals surface area contributed by atoms with Crippen LogP contribution < -0.4 is 10.9 Å². The predicted octanol–water partition coefficient (Wildman–Crippen LogP) is 5.31. The zero-order valence-electron chi connectivity index (χ0n) is 15.7. The third-order valence-electron chi connectivity index (χ3n) is 4.54. The fraction of sp³-hybridized carbons (Fsp3) is 0.0455. The van der Waals surface area contributed by atoms with E-state index in [-0.39, 0.29) is 22.2 Å². The Balaban J connectivity index is 1.82. The molecule has 1 amide bonds. The van der Waals surface area contributed by atoms with Gasteiger partial charge in [0.15, 0.2) is 5.69 Å². The highest BCUT2D eigenvalue weighted by Crippen LogP contribution is 2.30. The summed E-state index contributed by atoms with van der Waals surface area (Å²) in [5.74, 6) is -0.752. The number of halogens is 4. The number of aromatic nitrogens is 2. The van der Waals surface area contributed by atoms with Gasteiger partial charge in [-0.05, 0) is 48.5 Å². The molecule has 0 saturated carbocycles. The second-order valence-electron chi connectivity index (χ2n) is 6.62. The molecule has 0 atom stereocenters. The van der Waals surface area contributed by atoms with Gasteiger partial charge in [-0.3, -0.25) is 9.59 Å². The van der Waals surface area contributed by atoms with E-state index in [1.807, 2.05) is 0 Å². The van der Waals surface area contributed by atoms with Gasteiger partial charge in [0.1, 0.15) is 0 Å². The van der Waals surface area contributed by atoms with E-state index in [4.69, 9.17) is 11.6 Å². The van der Waals surface area contributed by atoms with Crippen LogP contribution >= 0.6 is 11.6 Å². The normalized spacial score (nSPS) is 11.5. The van der Waals surface area contributed by atoms with Crippen molar-refractivity contribution in [1.29, 1.82) is 0 Å². The van der Waals surface area contributed by atoms with E-state index in [0.717, 1.165) is 16.8 Å². The Kier molecular flexibility index (Phi) is 5.24. The summed E-state index contributed by atoms with van der Waals surface area (Å²) in [6.45, 7) is 0. The molecule has 0 spiro atoms. The number of nitrogens with zero attached hydrogens (tertiary/aromatic N) is 2. The van der Waals surface area contributed by atoms with Gasteiger partial charge >= 0.3 is 6.18 Å². The minimum Gasteiger partial charge on any atom is -0.321 e. The van der Waals surface area contributed by atoms with Gasteiger partial charge in [-0.1, -0.05) is 35.9 Å². The second kappa shape index (κ2) is 7.88. The Labute approximate surface area is 178 Å². The van der Waals surface area contributed by atoms with Crippen molar-refractivity contribution >= 4 is 34.0 Å². The molecule has 0 aliphatic rings. The molecular weight excluding hydrogens is 431 g/mol. The number of rotatable bonds is 3. The molecule has 9 heteroatoms. The number of nitrogens with one attached hydrogen (secondary N) is 1. The van der Waals surface area contributed by atoms with Crippen LogP contribution in [-0.4, -0.2) is 15.7 Å². The molecule has 0 aliphatic carbocycles. The first-order valence-electron chi connectivity index (χ1n) is 9.01. The Morgan fingerprint density at radius 1 is 0.935 bits per heavy atom. The molecule has 3 aromatic carbocycles. The number of carbonyl (C=O) groups is 1. The van der Waals surface area contributed by atoms with Crippen LogP contribution in [0.3, 0.4) is 0 Å². The second-order valence-corrected chi connectivity index (χ2v) is 7.06. The van der Waals surface area contributed by atoms with Crippen molar-refractivity contribution in [3.63, 3.8) is 0 Å². The highest BCUT2D eigenvalue weighted by Gasteiger charge is 2.30. The molecule has 0 bridgehead atoms. The van der Waals surface area contributed by atoms with E-state index in [2.05, 4.69) is 10.4 Å². The average Bonchev–Trinajstić information content (AvgIpc) is 2.74. The van der Waals surface area contributed by atoms with Crippen LogP contribution in [0.15, 0.2) is 77.6 Å². The van der Waals surface area contributed by atoms with Crippen molar-refractivity contribution < 1.29 is 18.0 Å². The van der Waals surface area contributed by atoms with E-state index in [1.165, 1.54) is 12.1 Å². The van der Waals surface area contributed by atoms with E-state index in [9.17, 15) is 22.8 Å². The standard InChI is InChI=1S/C22H13ClF3N3O2/c23-14-8-10-16(11-9-14)29-21(31)18-7-2-1-6-17(18)19(28-29)20(30)27-15-5-3-4-13(12-15)22(24,25)26/h1-12H,(H,27,30). The lowest BCUT2D eigenvalue weighted by Gasteiger charge is -2.12.